The third-order valence-electron chi connectivity index (χ3n) is 5.05. The molecular formula is C26H21BrClNO4S2. The molecule has 0 spiro atoms. The van der Waals surface area contributed by atoms with Crippen LogP contribution in [0.2, 0.25) is 5.02 Å². The molecule has 1 heterocycles. The smallest absolute Gasteiger partial charge is 0.270 e. The van der Waals surface area contributed by atoms with Crippen molar-refractivity contribution in [2.75, 3.05) is 18.6 Å². The molecule has 3 aromatic rings. The van der Waals surface area contributed by atoms with Crippen molar-refractivity contribution in [1.82, 2.24) is 0 Å². The zero-order valence-electron chi connectivity index (χ0n) is 18.9. The van der Waals surface area contributed by atoms with Gasteiger partial charge in [0.25, 0.3) is 5.91 Å². The van der Waals surface area contributed by atoms with Crippen molar-refractivity contribution in [3.8, 4) is 17.2 Å². The molecule has 0 saturated carbocycles. The highest BCUT2D eigenvalue weighted by atomic mass is 79.9. The van der Waals surface area contributed by atoms with Crippen LogP contribution in [0.25, 0.3) is 6.08 Å². The van der Waals surface area contributed by atoms with Gasteiger partial charge in [-0.15, -0.1) is 0 Å². The number of thiocarbonyl (C=S) groups is 1. The minimum Gasteiger partial charge on any atom is -0.495 e. The highest BCUT2D eigenvalue weighted by molar-refractivity contribution is 9.10. The molecule has 1 saturated heterocycles. The zero-order valence-corrected chi connectivity index (χ0v) is 22.9. The number of ether oxygens (including phenoxy) is 3. The Bertz CT molecular complexity index is 1300. The molecule has 1 aliphatic heterocycles. The maximum absolute atomic E-state index is 13.3. The molecule has 1 fully saturated rings. The molecular weight excluding hydrogens is 570 g/mol. The van der Waals surface area contributed by atoms with Crippen LogP contribution in [0.1, 0.15) is 18.1 Å². The van der Waals surface area contributed by atoms with Crippen molar-refractivity contribution in [1.29, 1.82) is 0 Å². The van der Waals surface area contributed by atoms with E-state index in [9.17, 15) is 4.79 Å². The van der Waals surface area contributed by atoms with E-state index in [1.807, 2.05) is 61.5 Å². The van der Waals surface area contributed by atoms with Crippen molar-refractivity contribution < 1.29 is 19.0 Å². The van der Waals surface area contributed by atoms with Crippen LogP contribution >= 0.6 is 51.5 Å². The van der Waals surface area contributed by atoms with E-state index >= 15 is 0 Å². The van der Waals surface area contributed by atoms with Crippen molar-refractivity contribution in [2.24, 2.45) is 0 Å². The Morgan fingerprint density at radius 1 is 1.09 bits per heavy atom. The van der Waals surface area contributed by atoms with Crippen LogP contribution in [-0.2, 0) is 11.4 Å². The van der Waals surface area contributed by atoms with Crippen molar-refractivity contribution >= 4 is 73.5 Å². The van der Waals surface area contributed by atoms with Crippen LogP contribution in [-0.4, -0.2) is 23.9 Å². The summed E-state index contributed by atoms with van der Waals surface area (Å²) in [4.78, 5) is 15.2. The lowest BCUT2D eigenvalue weighted by Crippen LogP contribution is -2.27. The number of thioether (sulfide) groups is 1. The zero-order chi connectivity index (χ0) is 24.9. The first kappa shape index (κ1) is 25.6. The van der Waals surface area contributed by atoms with Gasteiger partial charge in [0.15, 0.2) is 15.8 Å². The van der Waals surface area contributed by atoms with Crippen LogP contribution in [0.15, 0.2) is 70.0 Å². The summed E-state index contributed by atoms with van der Waals surface area (Å²) >= 11 is 16.3. The third kappa shape index (κ3) is 5.83. The number of carbonyl (C=O) groups excluding carboxylic acids is 1. The molecule has 4 rings (SSSR count). The number of para-hydroxylation sites is 2. The Hall–Kier alpha value is -2.52. The van der Waals surface area contributed by atoms with E-state index < -0.39 is 0 Å². The number of rotatable bonds is 8. The van der Waals surface area contributed by atoms with Gasteiger partial charge in [-0.05, 0) is 76.5 Å². The van der Waals surface area contributed by atoms with E-state index in [1.165, 1.54) is 16.7 Å². The van der Waals surface area contributed by atoms with Gasteiger partial charge in [-0.1, -0.05) is 59.8 Å². The molecule has 0 N–H and O–H groups in total. The molecule has 180 valence electrons. The summed E-state index contributed by atoms with van der Waals surface area (Å²) < 4.78 is 18.5. The minimum atomic E-state index is -0.207. The van der Waals surface area contributed by atoms with Gasteiger partial charge in [-0.3, -0.25) is 9.69 Å². The van der Waals surface area contributed by atoms with E-state index in [1.54, 1.807) is 19.3 Å². The predicted molar refractivity (Wildman–Crippen MR) is 150 cm³/mol. The Labute approximate surface area is 227 Å². The van der Waals surface area contributed by atoms with Gasteiger partial charge in [-0.2, -0.15) is 0 Å². The van der Waals surface area contributed by atoms with Crippen molar-refractivity contribution in [2.45, 2.75) is 13.5 Å². The monoisotopic (exact) mass is 589 g/mol. The lowest BCUT2D eigenvalue weighted by molar-refractivity contribution is -0.113. The van der Waals surface area contributed by atoms with E-state index in [-0.39, 0.29) is 5.91 Å². The summed E-state index contributed by atoms with van der Waals surface area (Å²) in [5, 5.41) is 0.672. The van der Waals surface area contributed by atoms with Gasteiger partial charge in [0, 0.05) is 5.02 Å². The Balaban J connectivity index is 1.61. The number of hydrogen-bond donors (Lipinski definition) is 0. The van der Waals surface area contributed by atoms with E-state index in [2.05, 4.69) is 15.9 Å². The topological polar surface area (TPSA) is 48.0 Å². The summed E-state index contributed by atoms with van der Waals surface area (Å²) in [7, 11) is 1.57. The summed E-state index contributed by atoms with van der Waals surface area (Å²) in [5.74, 6) is 1.53. The summed E-state index contributed by atoms with van der Waals surface area (Å²) in [6, 6.07) is 18.5. The number of nitrogens with zero attached hydrogens (tertiary/aromatic N) is 1. The lowest BCUT2D eigenvalue weighted by atomic mass is 10.1. The number of methoxy groups -OCH3 is 1. The Morgan fingerprint density at radius 3 is 2.54 bits per heavy atom. The maximum atomic E-state index is 13.3. The SMILES string of the molecule is CCOc1cc(/C=C2/SC(=S)N(c3ccccc3OC)C2=O)cc(Br)c1OCc1ccc(Cl)cc1. The van der Waals surface area contributed by atoms with E-state index in [0.29, 0.717) is 54.9 Å². The highest BCUT2D eigenvalue weighted by Gasteiger charge is 2.35. The van der Waals surface area contributed by atoms with Gasteiger partial charge in [0.2, 0.25) is 0 Å². The summed E-state index contributed by atoms with van der Waals surface area (Å²) in [6.45, 7) is 2.72. The molecule has 0 unspecified atom stereocenters. The molecule has 0 radical (unpaired) electrons. The molecule has 0 atom stereocenters. The second-order valence-electron chi connectivity index (χ2n) is 7.37. The van der Waals surface area contributed by atoms with Crippen LogP contribution < -0.4 is 19.1 Å². The number of benzene rings is 3. The quantitative estimate of drug-likeness (QED) is 0.200. The molecule has 35 heavy (non-hydrogen) atoms. The largest absolute Gasteiger partial charge is 0.495 e. The summed E-state index contributed by atoms with van der Waals surface area (Å²) in [6.07, 6.45) is 1.80. The standard InChI is InChI=1S/C26H21BrClNO4S2/c1-3-32-22-13-17(12-19(27)24(22)33-15-16-8-10-18(28)11-9-16)14-23-25(30)29(26(34)35-23)20-6-4-5-7-21(20)31-2/h4-14H,3,15H2,1-2H3/b23-14+. The molecule has 5 nitrogen and oxygen atoms in total. The predicted octanol–water partition coefficient (Wildman–Crippen LogP) is 7.49. The molecule has 0 bridgehead atoms. The maximum Gasteiger partial charge on any atom is 0.270 e. The number of hydrogen-bond acceptors (Lipinski definition) is 6. The van der Waals surface area contributed by atoms with Crippen LogP contribution in [0.4, 0.5) is 5.69 Å². The number of halogens is 2. The second-order valence-corrected chi connectivity index (χ2v) is 10.3. The van der Waals surface area contributed by atoms with Crippen molar-refractivity contribution in [3.63, 3.8) is 0 Å². The average Bonchev–Trinajstić information content (AvgIpc) is 3.12. The van der Waals surface area contributed by atoms with Crippen LogP contribution in [0.3, 0.4) is 0 Å². The van der Waals surface area contributed by atoms with E-state index in [0.717, 1.165) is 11.1 Å². The third-order valence-corrected chi connectivity index (χ3v) is 7.19. The van der Waals surface area contributed by atoms with Gasteiger partial charge < -0.3 is 14.2 Å². The number of anilines is 1. The second kappa shape index (κ2) is 11.5. The molecule has 0 aromatic heterocycles. The van der Waals surface area contributed by atoms with Crippen molar-refractivity contribution in [3.05, 3.63) is 86.2 Å². The fourth-order valence-electron chi connectivity index (χ4n) is 3.45. The number of amides is 1. The fourth-order valence-corrected chi connectivity index (χ4v) is 5.44. The first-order valence-electron chi connectivity index (χ1n) is 10.7. The fraction of sp³-hybridized carbons (Fsp3) is 0.154. The molecule has 9 heteroatoms. The van der Waals surface area contributed by atoms with Crippen LogP contribution in [0.5, 0.6) is 17.2 Å². The lowest BCUT2D eigenvalue weighted by Gasteiger charge is -2.17. The minimum absolute atomic E-state index is 0.207. The molecule has 1 aliphatic rings. The van der Waals surface area contributed by atoms with Gasteiger partial charge in [0.1, 0.15) is 12.4 Å². The first-order chi connectivity index (χ1) is 16.9. The Kier molecular flexibility index (Phi) is 8.38. The highest BCUT2D eigenvalue weighted by Crippen LogP contribution is 2.42. The Morgan fingerprint density at radius 2 is 1.83 bits per heavy atom. The van der Waals surface area contributed by atoms with Gasteiger partial charge in [0.05, 0.1) is 28.8 Å². The number of carbonyl (C=O) groups is 1. The molecule has 3 aromatic carbocycles. The molecule has 0 aliphatic carbocycles. The van der Waals surface area contributed by atoms with Gasteiger partial charge in [-0.25, -0.2) is 0 Å². The van der Waals surface area contributed by atoms with Crippen LogP contribution in [0, 0.1) is 0 Å². The molecule has 1 amide bonds. The first-order valence-corrected chi connectivity index (χ1v) is 13.1. The summed E-state index contributed by atoms with van der Waals surface area (Å²) in [5.41, 5.74) is 2.37. The van der Waals surface area contributed by atoms with Gasteiger partial charge >= 0.3 is 0 Å². The normalized spacial score (nSPS) is 14.5. The average molecular weight is 591 g/mol. The van der Waals surface area contributed by atoms with E-state index in [4.69, 9.17) is 38.0 Å².